The summed E-state index contributed by atoms with van der Waals surface area (Å²) in [5.41, 5.74) is 8.02. The molecule has 4 aromatic rings. The molecule has 8 heteroatoms. The summed E-state index contributed by atoms with van der Waals surface area (Å²) in [5, 5.41) is 10.1. The van der Waals surface area contributed by atoms with Crippen molar-refractivity contribution in [1.82, 2.24) is 19.7 Å². The predicted octanol–water partition coefficient (Wildman–Crippen LogP) is 6.98. The minimum atomic E-state index is -0.0524. The van der Waals surface area contributed by atoms with Crippen LogP contribution < -0.4 is 9.80 Å². The number of piperidine rings is 2. The highest BCUT2D eigenvalue weighted by atomic mass is 32.1. The van der Waals surface area contributed by atoms with Gasteiger partial charge in [-0.3, -0.25) is 9.56 Å². The normalized spacial score (nSPS) is 21.7. The molecule has 0 radical (unpaired) electrons. The van der Waals surface area contributed by atoms with Crippen molar-refractivity contribution in [3.63, 3.8) is 0 Å². The molecule has 1 spiro atoms. The Balaban J connectivity index is 0.882. The van der Waals surface area contributed by atoms with Crippen LogP contribution in [0.25, 0.3) is 5.00 Å². The first-order valence-corrected chi connectivity index (χ1v) is 17.7. The van der Waals surface area contributed by atoms with Gasteiger partial charge in [-0.2, -0.15) is 0 Å². The summed E-state index contributed by atoms with van der Waals surface area (Å²) >= 11 is 1.82. The van der Waals surface area contributed by atoms with Crippen molar-refractivity contribution >= 4 is 28.4 Å². The first kappa shape index (κ1) is 28.9. The quantitative estimate of drug-likeness (QED) is 0.241. The Kier molecular flexibility index (Phi) is 7.33. The molecule has 0 aliphatic carbocycles. The Bertz CT molecular complexity index is 1700. The Labute approximate surface area is 271 Å². The fourth-order valence-electron chi connectivity index (χ4n) is 8.16. The highest BCUT2D eigenvalue weighted by Gasteiger charge is 2.45. The van der Waals surface area contributed by atoms with Crippen LogP contribution in [0, 0.1) is 32.1 Å². The second-order valence-corrected chi connectivity index (χ2v) is 15.2. The summed E-state index contributed by atoms with van der Waals surface area (Å²) in [4.78, 5) is 14.5. The average Bonchev–Trinajstić information content (AvgIpc) is 3.54. The largest absolute Gasteiger partial charge is 0.372 e. The van der Waals surface area contributed by atoms with Gasteiger partial charge in [0, 0.05) is 65.5 Å². The van der Waals surface area contributed by atoms with Gasteiger partial charge in [0.05, 0.1) is 5.71 Å². The summed E-state index contributed by atoms with van der Waals surface area (Å²) in [6, 6.07) is 20.1. The lowest BCUT2D eigenvalue weighted by atomic mass is 9.71. The van der Waals surface area contributed by atoms with Gasteiger partial charge in [0.25, 0.3) is 0 Å². The topological polar surface area (TPSA) is 52.8 Å². The maximum atomic E-state index is 5.24. The molecule has 0 unspecified atom stereocenters. The summed E-state index contributed by atoms with van der Waals surface area (Å²) in [6.45, 7) is 17.2. The molecule has 0 bridgehead atoms. The number of hydrogen-bond donors (Lipinski definition) is 0. The van der Waals surface area contributed by atoms with Gasteiger partial charge in [0.15, 0.2) is 5.82 Å². The smallest absolute Gasteiger partial charge is 0.162 e. The van der Waals surface area contributed by atoms with Gasteiger partial charge in [0.1, 0.15) is 16.9 Å². The SMILES string of the molecule is Cc1sc2c(c1C)C(c1ccc(N3CC4(CCN(CC5CCN(c6ccccc6)CC5)CC4)C3)cc1)=N[C@@H](C)c1nnc(C)n1-2. The second-order valence-electron chi connectivity index (χ2n) is 14.0. The number of likely N-dealkylation sites (tertiary alicyclic amines) is 1. The molecule has 8 rings (SSSR count). The monoisotopic (exact) mass is 619 g/mol. The van der Waals surface area contributed by atoms with Crippen LogP contribution in [0.1, 0.15) is 71.9 Å². The number of rotatable bonds is 5. The van der Waals surface area contributed by atoms with Gasteiger partial charge in [-0.25, -0.2) is 0 Å². The lowest BCUT2D eigenvalue weighted by Crippen LogP contribution is -2.60. The van der Waals surface area contributed by atoms with E-state index in [9.17, 15) is 0 Å². The zero-order valence-electron chi connectivity index (χ0n) is 27.2. The van der Waals surface area contributed by atoms with E-state index in [4.69, 9.17) is 4.99 Å². The molecule has 7 nitrogen and oxygen atoms in total. The third-order valence-electron chi connectivity index (χ3n) is 11.1. The van der Waals surface area contributed by atoms with Crippen LogP contribution in [0.5, 0.6) is 0 Å². The zero-order valence-corrected chi connectivity index (χ0v) is 28.0. The summed E-state index contributed by atoms with van der Waals surface area (Å²) in [7, 11) is 0. The summed E-state index contributed by atoms with van der Waals surface area (Å²) < 4.78 is 2.22. The average molecular weight is 620 g/mol. The maximum absolute atomic E-state index is 5.24. The molecule has 6 heterocycles. The van der Waals surface area contributed by atoms with Crippen LogP contribution in [0.2, 0.25) is 0 Å². The third-order valence-corrected chi connectivity index (χ3v) is 12.3. The molecule has 0 amide bonds. The van der Waals surface area contributed by atoms with E-state index in [0.717, 1.165) is 23.3 Å². The van der Waals surface area contributed by atoms with E-state index in [-0.39, 0.29) is 6.04 Å². The standard InChI is InChI=1S/C37H45N7S/c1-25-27(3)45-36-33(25)34(38-26(2)35-40-39-28(4)44(35)36)30-10-12-32(13-11-30)43-23-37(24-43)16-20-41(21-17-37)22-29-14-18-42(19-15-29)31-8-6-5-7-9-31/h5-13,26,29H,14-24H2,1-4H3/t26-/m0/s1. The minimum Gasteiger partial charge on any atom is -0.372 e. The van der Waals surface area contributed by atoms with E-state index < -0.39 is 0 Å². The van der Waals surface area contributed by atoms with E-state index >= 15 is 0 Å². The number of aryl methyl sites for hydroxylation is 2. The lowest BCUT2D eigenvalue weighted by Gasteiger charge is -2.55. The van der Waals surface area contributed by atoms with Crippen molar-refractivity contribution in [2.45, 2.75) is 59.4 Å². The fraction of sp³-hybridized carbons (Fsp3) is 0.486. The van der Waals surface area contributed by atoms with Crippen molar-refractivity contribution in [3.05, 3.63) is 87.8 Å². The Morgan fingerprint density at radius 1 is 0.822 bits per heavy atom. The number of fused-ring (bicyclic) bond motifs is 3. The number of nitrogens with zero attached hydrogens (tertiary/aromatic N) is 7. The molecule has 234 valence electrons. The minimum absolute atomic E-state index is 0.0524. The number of anilines is 2. The summed E-state index contributed by atoms with van der Waals surface area (Å²) in [6.07, 6.45) is 5.31. The fourth-order valence-corrected chi connectivity index (χ4v) is 9.37. The van der Waals surface area contributed by atoms with E-state index in [2.05, 4.69) is 105 Å². The lowest BCUT2D eigenvalue weighted by molar-refractivity contribution is 0.0648. The van der Waals surface area contributed by atoms with Crippen LogP contribution in [-0.4, -0.2) is 71.2 Å². The Morgan fingerprint density at radius 3 is 2.22 bits per heavy atom. The molecular formula is C37H45N7S. The van der Waals surface area contributed by atoms with Crippen molar-refractivity contribution in [2.24, 2.45) is 16.3 Å². The van der Waals surface area contributed by atoms with Crippen molar-refractivity contribution in [1.29, 1.82) is 0 Å². The van der Waals surface area contributed by atoms with Crippen LogP contribution in [0.4, 0.5) is 11.4 Å². The molecule has 2 aromatic carbocycles. The molecule has 4 aliphatic rings. The number of aromatic nitrogens is 3. The van der Waals surface area contributed by atoms with Gasteiger partial charge in [-0.15, -0.1) is 21.5 Å². The van der Waals surface area contributed by atoms with E-state index in [1.165, 1.54) is 109 Å². The number of thiophene rings is 1. The molecule has 3 saturated heterocycles. The maximum Gasteiger partial charge on any atom is 0.162 e. The van der Waals surface area contributed by atoms with Gasteiger partial charge in [-0.1, -0.05) is 30.3 Å². The third kappa shape index (κ3) is 5.20. The van der Waals surface area contributed by atoms with E-state index in [1.54, 1.807) is 0 Å². The Morgan fingerprint density at radius 2 is 1.51 bits per heavy atom. The van der Waals surface area contributed by atoms with Crippen molar-refractivity contribution in [2.75, 3.05) is 55.6 Å². The molecule has 45 heavy (non-hydrogen) atoms. The first-order chi connectivity index (χ1) is 21.9. The van der Waals surface area contributed by atoms with Gasteiger partial charge in [-0.05, 0) is 102 Å². The number of para-hydroxylation sites is 1. The highest BCUT2D eigenvalue weighted by molar-refractivity contribution is 7.15. The van der Waals surface area contributed by atoms with E-state index in [0.29, 0.717) is 5.41 Å². The van der Waals surface area contributed by atoms with Gasteiger partial charge >= 0.3 is 0 Å². The molecule has 1 atom stereocenters. The van der Waals surface area contributed by atoms with Gasteiger partial charge in [0.2, 0.25) is 0 Å². The highest BCUT2D eigenvalue weighted by Crippen LogP contribution is 2.44. The predicted molar refractivity (Wildman–Crippen MR) is 186 cm³/mol. The number of aliphatic imine (C=N–C) groups is 1. The first-order valence-electron chi connectivity index (χ1n) is 16.9. The van der Waals surface area contributed by atoms with Crippen LogP contribution in [0.3, 0.4) is 0 Å². The Hall–Kier alpha value is -3.49. The van der Waals surface area contributed by atoms with Crippen molar-refractivity contribution in [3.8, 4) is 5.00 Å². The molecular weight excluding hydrogens is 575 g/mol. The number of hydrogen-bond acceptors (Lipinski definition) is 7. The van der Waals surface area contributed by atoms with E-state index in [1.807, 2.05) is 18.3 Å². The second kappa shape index (κ2) is 11.4. The van der Waals surface area contributed by atoms with Crippen molar-refractivity contribution < 1.29 is 0 Å². The number of benzene rings is 2. The summed E-state index contributed by atoms with van der Waals surface area (Å²) in [5.74, 6) is 2.69. The molecule has 0 N–H and O–H groups in total. The molecule has 3 fully saturated rings. The molecule has 4 aliphatic heterocycles. The van der Waals surface area contributed by atoms with Crippen LogP contribution >= 0.6 is 11.3 Å². The van der Waals surface area contributed by atoms with Crippen LogP contribution in [0.15, 0.2) is 59.6 Å². The molecule has 2 aromatic heterocycles. The van der Waals surface area contributed by atoms with Crippen LogP contribution in [-0.2, 0) is 0 Å². The van der Waals surface area contributed by atoms with Gasteiger partial charge < -0.3 is 14.7 Å². The zero-order chi connectivity index (χ0) is 30.7. The molecule has 0 saturated carbocycles.